The summed E-state index contributed by atoms with van der Waals surface area (Å²) in [6.07, 6.45) is 5.82. The summed E-state index contributed by atoms with van der Waals surface area (Å²) in [4.78, 5) is 39.7. The van der Waals surface area contributed by atoms with Crippen LogP contribution in [-0.2, 0) is 4.79 Å². The molecule has 0 unspecified atom stereocenters. The van der Waals surface area contributed by atoms with Crippen molar-refractivity contribution >= 4 is 35.0 Å². The molecule has 0 aliphatic heterocycles. The van der Waals surface area contributed by atoms with E-state index < -0.39 is 5.91 Å². The van der Waals surface area contributed by atoms with Crippen molar-refractivity contribution in [2.24, 2.45) is 5.10 Å². The minimum Gasteiger partial charge on any atom is -0.463 e. The van der Waals surface area contributed by atoms with Crippen molar-refractivity contribution in [2.45, 2.75) is 6.42 Å². The first-order valence-corrected chi connectivity index (χ1v) is 13.9. The van der Waals surface area contributed by atoms with Gasteiger partial charge in [0.05, 0.1) is 28.5 Å². The molecule has 6 aromatic rings. The Kier molecular flexibility index (Phi) is 8.14. The van der Waals surface area contributed by atoms with Crippen molar-refractivity contribution < 1.29 is 14.0 Å². The lowest BCUT2D eigenvalue weighted by Gasteiger charge is -2.07. The van der Waals surface area contributed by atoms with E-state index in [4.69, 9.17) is 9.52 Å². The molecule has 6 rings (SSSR count). The summed E-state index contributed by atoms with van der Waals surface area (Å²) in [6, 6.07) is 34.9. The third kappa shape index (κ3) is 6.19. The maximum atomic E-state index is 13.6. The normalized spacial score (nSPS) is 11.6. The summed E-state index contributed by atoms with van der Waals surface area (Å²) in [6.45, 7) is 0. The Morgan fingerprint density at radius 1 is 0.818 bits per heavy atom. The molecule has 0 saturated heterocycles. The first-order chi connectivity index (χ1) is 21.6. The summed E-state index contributed by atoms with van der Waals surface area (Å²) in [5.41, 5.74) is 6.46. The van der Waals surface area contributed by atoms with Crippen molar-refractivity contribution in [3.63, 3.8) is 0 Å². The van der Waals surface area contributed by atoms with Gasteiger partial charge in [-0.2, -0.15) is 10.2 Å². The highest BCUT2D eigenvalue weighted by molar-refractivity contribution is 6.07. The zero-order valence-corrected chi connectivity index (χ0v) is 23.5. The number of ketones is 1. The highest BCUT2D eigenvalue weighted by atomic mass is 16.3. The van der Waals surface area contributed by atoms with Crippen LogP contribution in [0.2, 0.25) is 0 Å². The van der Waals surface area contributed by atoms with E-state index in [0.29, 0.717) is 27.8 Å². The molecule has 8 heteroatoms. The quantitative estimate of drug-likeness (QED) is 0.0918. The van der Waals surface area contributed by atoms with E-state index >= 15 is 0 Å². The van der Waals surface area contributed by atoms with Crippen molar-refractivity contribution in [3.8, 4) is 16.9 Å². The van der Waals surface area contributed by atoms with Gasteiger partial charge in [-0.1, -0.05) is 91.0 Å². The molecule has 0 atom stereocenters. The van der Waals surface area contributed by atoms with Gasteiger partial charge in [0, 0.05) is 34.9 Å². The van der Waals surface area contributed by atoms with Gasteiger partial charge in [0.2, 0.25) is 5.43 Å². The van der Waals surface area contributed by atoms with E-state index in [2.05, 4.69) is 10.5 Å². The average molecular weight is 579 g/mol. The fourth-order valence-electron chi connectivity index (χ4n) is 4.72. The van der Waals surface area contributed by atoms with E-state index in [1.807, 2.05) is 72.9 Å². The maximum Gasteiger partial charge on any atom is 0.267 e. The third-order valence-corrected chi connectivity index (χ3v) is 6.96. The fourth-order valence-corrected chi connectivity index (χ4v) is 4.72. The predicted molar refractivity (Wildman–Crippen MR) is 171 cm³/mol. The van der Waals surface area contributed by atoms with Gasteiger partial charge in [-0.15, -0.1) is 0 Å². The van der Waals surface area contributed by atoms with Gasteiger partial charge in [0.25, 0.3) is 5.91 Å². The largest absolute Gasteiger partial charge is 0.463 e. The first-order valence-electron chi connectivity index (χ1n) is 13.9. The SMILES string of the molecule is O=C(NN=Cc1coc2ccccc2c1=O)C(=Cc1cn(-c2ccccc2)nc1-c1ccccc1)CC(=O)c1ccccc1. The van der Waals surface area contributed by atoms with Gasteiger partial charge >= 0.3 is 0 Å². The van der Waals surface area contributed by atoms with Crippen LogP contribution in [0.15, 0.2) is 148 Å². The molecule has 44 heavy (non-hydrogen) atoms. The number of para-hydroxylation sites is 2. The minimum atomic E-state index is -0.595. The van der Waals surface area contributed by atoms with Crippen LogP contribution in [-0.4, -0.2) is 27.7 Å². The lowest BCUT2D eigenvalue weighted by Crippen LogP contribution is -2.22. The van der Waals surface area contributed by atoms with Crippen molar-refractivity contribution in [1.82, 2.24) is 15.2 Å². The van der Waals surface area contributed by atoms with Gasteiger partial charge in [-0.05, 0) is 30.3 Å². The van der Waals surface area contributed by atoms with Gasteiger partial charge < -0.3 is 4.42 Å². The summed E-state index contributed by atoms with van der Waals surface area (Å²) in [5.74, 6) is -0.829. The molecule has 0 saturated carbocycles. The Morgan fingerprint density at radius 3 is 2.23 bits per heavy atom. The highest BCUT2D eigenvalue weighted by Crippen LogP contribution is 2.27. The standard InChI is InChI=1S/C36H26N4O4/c41-32(25-12-4-1-5-13-25)21-27(36(43)38-37-22-29-24-44-33-19-11-10-18-31(33)35(29)42)20-28-23-40(30-16-8-3-9-17-30)39-34(28)26-14-6-2-7-15-26/h1-20,22-24H,21H2,(H,38,43). The Hall–Kier alpha value is -6.15. The molecule has 2 aromatic heterocycles. The number of Topliss-reactive ketones (excluding diaryl/α,β-unsaturated/α-hetero) is 1. The van der Waals surface area contributed by atoms with Gasteiger partial charge in [0.15, 0.2) is 5.78 Å². The number of rotatable bonds is 9. The van der Waals surface area contributed by atoms with E-state index in [1.165, 1.54) is 12.5 Å². The second kappa shape index (κ2) is 12.8. The lowest BCUT2D eigenvalue weighted by molar-refractivity contribution is -0.117. The van der Waals surface area contributed by atoms with Gasteiger partial charge in [0.1, 0.15) is 11.8 Å². The van der Waals surface area contributed by atoms with E-state index in [1.54, 1.807) is 59.3 Å². The van der Waals surface area contributed by atoms with Crippen LogP contribution in [0, 0.1) is 0 Å². The zero-order chi connectivity index (χ0) is 30.3. The molecule has 4 aromatic carbocycles. The number of nitrogens with one attached hydrogen (secondary N) is 1. The molecule has 1 amide bonds. The highest BCUT2D eigenvalue weighted by Gasteiger charge is 2.19. The summed E-state index contributed by atoms with van der Waals surface area (Å²) < 4.78 is 7.27. The van der Waals surface area contributed by atoms with Crippen LogP contribution in [0.1, 0.15) is 27.9 Å². The number of aromatic nitrogens is 2. The van der Waals surface area contributed by atoms with Crippen LogP contribution in [0.25, 0.3) is 34.0 Å². The summed E-state index contributed by atoms with van der Waals surface area (Å²) >= 11 is 0. The number of benzene rings is 4. The first kappa shape index (κ1) is 28.0. The van der Waals surface area contributed by atoms with E-state index in [-0.39, 0.29) is 28.8 Å². The fraction of sp³-hybridized carbons (Fsp3) is 0.0278. The Balaban J connectivity index is 1.37. The molecule has 1 N–H and O–H groups in total. The number of amides is 1. The number of carbonyl (C=O) groups excluding carboxylic acids is 2. The molecule has 0 radical (unpaired) electrons. The van der Waals surface area contributed by atoms with Crippen molar-refractivity contribution in [1.29, 1.82) is 0 Å². The molecule has 0 aliphatic carbocycles. The maximum absolute atomic E-state index is 13.6. The third-order valence-electron chi connectivity index (χ3n) is 6.96. The Labute approximate surface area is 252 Å². The summed E-state index contributed by atoms with van der Waals surface area (Å²) in [5, 5.41) is 9.25. The van der Waals surface area contributed by atoms with Crippen LogP contribution < -0.4 is 10.9 Å². The van der Waals surface area contributed by atoms with E-state index in [0.717, 1.165) is 11.3 Å². The number of hydrogen-bond acceptors (Lipinski definition) is 6. The summed E-state index contributed by atoms with van der Waals surface area (Å²) in [7, 11) is 0. The van der Waals surface area contributed by atoms with Crippen LogP contribution in [0.5, 0.6) is 0 Å². The molecular formula is C36H26N4O4. The molecule has 0 bridgehead atoms. The second-order valence-corrected chi connectivity index (χ2v) is 9.93. The van der Waals surface area contributed by atoms with Gasteiger partial charge in [-0.25, -0.2) is 10.1 Å². The van der Waals surface area contributed by atoms with E-state index in [9.17, 15) is 14.4 Å². The smallest absolute Gasteiger partial charge is 0.267 e. The lowest BCUT2D eigenvalue weighted by atomic mass is 9.99. The number of nitrogens with zero attached hydrogens (tertiary/aromatic N) is 3. The van der Waals surface area contributed by atoms with Crippen LogP contribution in [0.3, 0.4) is 0 Å². The Morgan fingerprint density at radius 2 is 1.48 bits per heavy atom. The second-order valence-electron chi connectivity index (χ2n) is 9.93. The molecule has 0 spiro atoms. The number of carbonyl (C=O) groups is 2. The number of fused-ring (bicyclic) bond motifs is 1. The monoisotopic (exact) mass is 578 g/mol. The number of hydrazone groups is 1. The van der Waals surface area contributed by atoms with Gasteiger partial charge in [-0.3, -0.25) is 14.4 Å². The van der Waals surface area contributed by atoms with Crippen molar-refractivity contribution in [2.75, 3.05) is 0 Å². The predicted octanol–water partition coefficient (Wildman–Crippen LogP) is 6.45. The molecule has 0 fully saturated rings. The van der Waals surface area contributed by atoms with Crippen LogP contribution in [0.4, 0.5) is 0 Å². The zero-order valence-electron chi connectivity index (χ0n) is 23.5. The topological polar surface area (TPSA) is 107 Å². The molecule has 8 nitrogen and oxygen atoms in total. The number of hydrogen-bond donors (Lipinski definition) is 1. The minimum absolute atomic E-state index is 0.172. The molecule has 214 valence electrons. The molecule has 2 heterocycles. The van der Waals surface area contributed by atoms with Crippen molar-refractivity contribution in [3.05, 3.63) is 160 Å². The molecular weight excluding hydrogens is 552 g/mol. The Bertz CT molecular complexity index is 2060. The van der Waals surface area contributed by atoms with Crippen LogP contribution >= 0.6 is 0 Å². The molecule has 0 aliphatic rings. The average Bonchev–Trinajstić information content (AvgIpc) is 3.50.